The number of methoxy groups -OCH3 is 1. The molecule has 3 N–H and O–H groups in total. The van der Waals surface area contributed by atoms with E-state index < -0.39 is 0 Å². The highest BCUT2D eigenvalue weighted by Crippen LogP contribution is 2.30. The SMILES string of the molecule is COc1cccc(CCNC(=O)[C@@H]2CCC[C@@H]2CN)c1. The standard InChI is InChI=1S/C16H24N2O2/c1-20-14-6-2-4-12(10-14)8-9-18-16(19)15-7-3-5-13(15)11-17/h2,4,6,10,13,15H,3,5,7-9,11,17H2,1H3,(H,18,19)/t13-,15-/m1/s1. The van der Waals surface area contributed by atoms with Crippen LogP contribution in [0.1, 0.15) is 24.8 Å². The molecule has 0 unspecified atom stereocenters. The molecular formula is C16H24N2O2. The van der Waals surface area contributed by atoms with Crippen molar-refractivity contribution in [2.45, 2.75) is 25.7 Å². The number of rotatable bonds is 6. The Hall–Kier alpha value is -1.55. The number of ether oxygens (including phenoxy) is 1. The van der Waals surface area contributed by atoms with E-state index in [0.717, 1.165) is 31.4 Å². The van der Waals surface area contributed by atoms with Crippen LogP contribution in [0.15, 0.2) is 24.3 Å². The molecule has 0 radical (unpaired) electrons. The minimum absolute atomic E-state index is 0.116. The summed E-state index contributed by atoms with van der Waals surface area (Å²) in [6, 6.07) is 7.95. The molecule has 1 saturated carbocycles. The number of hydrogen-bond donors (Lipinski definition) is 2. The molecule has 0 aliphatic heterocycles. The van der Waals surface area contributed by atoms with Crippen molar-refractivity contribution in [3.05, 3.63) is 29.8 Å². The van der Waals surface area contributed by atoms with E-state index in [1.807, 2.05) is 24.3 Å². The summed E-state index contributed by atoms with van der Waals surface area (Å²) in [7, 11) is 1.66. The molecule has 1 aromatic carbocycles. The maximum atomic E-state index is 12.1. The smallest absolute Gasteiger partial charge is 0.223 e. The third kappa shape index (κ3) is 3.73. The largest absolute Gasteiger partial charge is 0.497 e. The molecule has 1 amide bonds. The molecule has 1 aromatic rings. The molecule has 4 nitrogen and oxygen atoms in total. The summed E-state index contributed by atoms with van der Waals surface area (Å²) in [5, 5.41) is 3.04. The molecule has 0 saturated heterocycles. The minimum atomic E-state index is 0.116. The van der Waals surface area contributed by atoms with Gasteiger partial charge in [-0.2, -0.15) is 0 Å². The van der Waals surface area contributed by atoms with E-state index in [0.29, 0.717) is 19.0 Å². The topological polar surface area (TPSA) is 64.3 Å². The van der Waals surface area contributed by atoms with Gasteiger partial charge in [-0.3, -0.25) is 4.79 Å². The molecule has 1 fully saturated rings. The average molecular weight is 276 g/mol. The molecule has 1 aliphatic rings. The molecule has 4 heteroatoms. The number of amides is 1. The zero-order chi connectivity index (χ0) is 14.4. The van der Waals surface area contributed by atoms with E-state index >= 15 is 0 Å². The first-order valence-electron chi connectivity index (χ1n) is 7.35. The molecule has 0 bridgehead atoms. The van der Waals surface area contributed by atoms with Crippen LogP contribution in [-0.2, 0) is 11.2 Å². The fourth-order valence-corrected chi connectivity index (χ4v) is 2.95. The van der Waals surface area contributed by atoms with E-state index in [1.165, 1.54) is 5.56 Å². The maximum absolute atomic E-state index is 12.1. The Labute approximate surface area is 120 Å². The van der Waals surface area contributed by atoms with Gasteiger partial charge in [0.1, 0.15) is 5.75 Å². The zero-order valence-corrected chi connectivity index (χ0v) is 12.1. The lowest BCUT2D eigenvalue weighted by Gasteiger charge is -2.17. The van der Waals surface area contributed by atoms with Gasteiger partial charge in [0, 0.05) is 12.5 Å². The first-order valence-corrected chi connectivity index (χ1v) is 7.35. The van der Waals surface area contributed by atoms with Crippen molar-refractivity contribution in [3.8, 4) is 5.75 Å². The van der Waals surface area contributed by atoms with Gasteiger partial charge in [0.15, 0.2) is 0 Å². The summed E-state index contributed by atoms with van der Waals surface area (Å²) >= 11 is 0. The summed E-state index contributed by atoms with van der Waals surface area (Å²) in [5.41, 5.74) is 6.89. The molecule has 1 aliphatic carbocycles. The van der Waals surface area contributed by atoms with E-state index in [1.54, 1.807) is 7.11 Å². The van der Waals surface area contributed by atoms with Gasteiger partial charge >= 0.3 is 0 Å². The second-order valence-corrected chi connectivity index (χ2v) is 5.43. The lowest BCUT2D eigenvalue weighted by Crippen LogP contribution is -2.36. The lowest BCUT2D eigenvalue weighted by molar-refractivity contribution is -0.125. The Bertz CT molecular complexity index is 448. The Kier molecular flexibility index (Phi) is 5.41. The predicted octanol–water partition coefficient (Wildman–Crippen LogP) is 1.73. The maximum Gasteiger partial charge on any atom is 0.223 e. The highest BCUT2D eigenvalue weighted by molar-refractivity contribution is 5.79. The molecule has 20 heavy (non-hydrogen) atoms. The number of nitrogens with one attached hydrogen (secondary N) is 1. The Morgan fingerprint density at radius 1 is 1.45 bits per heavy atom. The van der Waals surface area contributed by atoms with Gasteiger partial charge < -0.3 is 15.8 Å². The third-order valence-corrected chi connectivity index (χ3v) is 4.15. The zero-order valence-electron chi connectivity index (χ0n) is 12.1. The van der Waals surface area contributed by atoms with Gasteiger partial charge in [-0.05, 0) is 49.4 Å². The predicted molar refractivity (Wildman–Crippen MR) is 79.6 cm³/mol. The lowest BCUT2D eigenvalue weighted by atomic mass is 9.95. The highest BCUT2D eigenvalue weighted by atomic mass is 16.5. The summed E-state index contributed by atoms with van der Waals surface area (Å²) in [5.74, 6) is 1.51. The van der Waals surface area contributed by atoms with Gasteiger partial charge in [0.05, 0.1) is 7.11 Å². The quantitative estimate of drug-likeness (QED) is 0.831. The van der Waals surface area contributed by atoms with Crippen molar-refractivity contribution in [3.63, 3.8) is 0 Å². The van der Waals surface area contributed by atoms with E-state index in [-0.39, 0.29) is 11.8 Å². The van der Waals surface area contributed by atoms with E-state index in [4.69, 9.17) is 10.5 Å². The summed E-state index contributed by atoms with van der Waals surface area (Å²) in [6.07, 6.45) is 4.01. The normalized spacial score (nSPS) is 21.7. The molecule has 0 aromatic heterocycles. The van der Waals surface area contributed by atoms with Gasteiger partial charge in [-0.15, -0.1) is 0 Å². The van der Waals surface area contributed by atoms with Crippen LogP contribution in [0.5, 0.6) is 5.75 Å². The van der Waals surface area contributed by atoms with Crippen molar-refractivity contribution < 1.29 is 9.53 Å². The van der Waals surface area contributed by atoms with E-state index in [9.17, 15) is 4.79 Å². The van der Waals surface area contributed by atoms with Crippen molar-refractivity contribution in [1.29, 1.82) is 0 Å². The second-order valence-electron chi connectivity index (χ2n) is 5.43. The monoisotopic (exact) mass is 276 g/mol. The van der Waals surface area contributed by atoms with Crippen LogP contribution in [0.3, 0.4) is 0 Å². The molecular weight excluding hydrogens is 252 g/mol. The van der Waals surface area contributed by atoms with Crippen LogP contribution in [-0.4, -0.2) is 26.1 Å². The molecule has 2 atom stereocenters. The number of nitrogens with two attached hydrogens (primary N) is 1. The van der Waals surface area contributed by atoms with E-state index in [2.05, 4.69) is 5.32 Å². The molecule has 110 valence electrons. The number of carbonyl (C=O) groups excluding carboxylic acids is 1. The molecule has 0 spiro atoms. The average Bonchev–Trinajstić information content (AvgIpc) is 2.96. The fraction of sp³-hybridized carbons (Fsp3) is 0.562. The van der Waals surface area contributed by atoms with Crippen molar-refractivity contribution in [1.82, 2.24) is 5.32 Å². The Balaban J connectivity index is 1.79. The summed E-state index contributed by atoms with van der Waals surface area (Å²) < 4.78 is 5.19. The van der Waals surface area contributed by atoms with Crippen molar-refractivity contribution in [2.75, 3.05) is 20.2 Å². The highest BCUT2D eigenvalue weighted by Gasteiger charge is 2.31. The Morgan fingerprint density at radius 2 is 2.30 bits per heavy atom. The van der Waals surface area contributed by atoms with Crippen LogP contribution in [0.25, 0.3) is 0 Å². The fourth-order valence-electron chi connectivity index (χ4n) is 2.95. The first-order chi connectivity index (χ1) is 9.74. The van der Waals surface area contributed by atoms with Crippen LogP contribution in [0.2, 0.25) is 0 Å². The first kappa shape index (κ1) is 14.9. The summed E-state index contributed by atoms with van der Waals surface area (Å²) in [4.78, 5) is 12.1. The number of hydrogen-bond acceptors (Lipinski definition) is 3. The molecule has 2 rings (SSSR count). The summed E-state index contributed by atoms with van der Waals surface area (Å²) in [6.45, 7) is 1.29. The van der Waals surface area contributed by atoms with Crippen LogP contribution in [0.4, 0.5) is 0 Å². The molecule has 0 heterocycles. The van der Waals surface area contributed by atoms with Gasteiger partial charge in [-0.25, -0.2) is 0 Å². The third-order valence-electron chi connectivity index (χ3n) is 4.15. The number of benzene rings is 1. The van der Waals surface area contributed by atoms with Gasteiger partial charge in [-0.1, -0.05) is 18.6 Å². The van der Waals surface area contributed by atoms with Gasteiger partial charge in [0.2, 0.25) is 5.91 Å². The van der Waals surface area contributed by atoms with Crippen LogP contribution >= 0.6 is 0 Å². The van der Waals surface area contributed by atoms with Crippen molar-refractivity contribution >= 4 is 5.91 Å². The second kappa shape index (κ2) is 7.29. The minimum Gasteiger partial charge on any atom is -0.497 e. The van der Waals surface area contributed by atoms with Crippen molar-refractivity contribution in [2.24, 2.45) is 17.6 Å². The number of carbonyl (C=O) groups is 1. The van der Waals surface area contributed by atoms with Crippen LogP contribution < -0.4 is 15.8 Å². The van der Waals surface area contributed by atoms with Crippen LogP contribution in [0, 0.1) is 11.8 Å². The van der Waals surface area contributed by atoms with Gasteiger partial charge in [0.25, 0.3) is 0 Å². The Morgan fingerprint density at radius 3 is 3.05 bits per heavy atom.